The molecule has 0 heterocycles. The standard InChI is InChI=1S/C20H38O3/c1-3-5-7-9-11-13-15-18(20(22)23)17-19(21)16-14-12-10-8-6-4-2/h18H,3-17H2,1-2H3,(H,22,23). The molecule has 0 rings (SSSR count). The topological polar surface area (TPSA) is 54.4 Å². The Kier molecular flexibility index (Phi) is 15.4. The lowest BCUT2D eigenvalue weighted by Gasteiger charge is -2.11. The van der Waals surface area contributed by atoms with Crippen molar-refractivity contribution in [3.05, 3.63) is 0 Å². The van der Waals surface area contributed by atoms with Crippen molar-refractivity contribution >= 4 is 11.8 Å². The third-order valence-electron chi connectivity index (χ3n) is 4.54. The molecule has 0 spiro atoms. The highest BCUT2D eigenvalue weighted by molar-refractivity contribution is 5.83. The fourth-order valence-corrected chi connectivity index (χ4v) is 2.96. The van der Waals surface area contributed by atoms with Crippen LogP contribution in [-0.2, 0) is 9.59 Å². The maximum atomic E-state index is 12.0. The maximum absolute atomic E-state index is 12.0. The smallest absolute Gasteiger partial charge is 0.306 e. The molecule has 0 aromatic carbocycles. The summed E-state index contributed by atoms with van der Waals surface area (Å²) in [6.07, 6.45) is 15.4. The number of ketones is 1. The summed E-state index contributed by atoms with van der Waals surface area (Å²) in [6, 6.07) is 0. The molecule has 0 radical (unpaired) electrons. The molecule has 3 heteroatoms. The molecule has 0 saturated heterocycles. The van der Waals surface area contributed by atoms with Crippen molar-refractivity contribution in [2.45, 2.75) is 110 Å². The monoisotopic (exact) mass is 326 g/mol. The van der Waals surface area contributed by atoms with Crippen LogP contribution in [-0.4, -0.2) is 16.9 Å². The SMILES string of the molecule is CCCCCCCCC(=O)CC(CCCCCCCC)C(=O)O. The average molecular weight is 327 g/mol. The summed E-state index contributed by atoms with van der Waals surface area (Å²) < 4.78 is 0. The molecule has 1 unspecified atom stereocenters. The van der Waals surface area contributed by atoms with Crippen LogP contribution in [0.4, 0.5) is 0 Å². The van der Waals surface area contributed by atoms with Gasteiger partial charge in [0.05, 0.1) is 5.92 Å². The molecule has 0 saturated carbocycles. The summed E-state index contributed by atoms with van der Waals surface area (Å²) in [4.78, 5) is 23.3. The van der Waals surface area contributed by atoms with Crippen LogP contribution in [0.3, 0.4) is 0 Å². The third kappa shape index (κ3) is 14.5. The number of carboxylic acids is 1. The summed E-state index contributed by atoms with van der Waals surface area (Å²) in [5, 5.41) is 9.28. The van der Waals surface area contributed by atoms with E-state index >= 15 is 0 Å². The quantitative estimate of drug-likeness (QED) is 0.326. The number of carbonyl (C=O) groups excluding carboxylic acids is 1. The largest absolute Gasteiger partial charge is 0.481 e. The van der Waals surface area contributed by atoms with Crippen LogP contribution in [0.15, 0.2) is 0 Å². The van der Waals surface area contributed by atoms with Crippen molar-refractivity contribution in [1.82, 2.24) is 0 Å². The molecule has 0 aliphatic heterocycles. The predicted octanol–water partition coefficient (Wildman–Crippen LogP) is 6.15. The average Bonchev–Trinajstić information content (AvgIpc) is 2.52. The maximum Gasteiger partial charge on any atom is 0.306 e. The second-order valence-corrected chi connectivity index (χ2v) is 6.85. The number of hydrogen-bond donors (Lipinski definition) is 1. The van der Waals surface area contributed by atoms with E-state index in [-0.39, 0.29) is 12.2 Å². The van der Waals surface area contributed by atoms with E-state index in [0.29, 0.717) is 12.8 Å². The molecule has 1 N–H and O–H groups in total. The Bertz CT molecular complexity index is 299. The van der Waals surface area contributed by atoms with Crippen LogP contribution in [0.1, 0.15) is 110 Å². The molecule has 1 atom stereocenters. The second-order valence-electron chi connectivity index (χ2n) is 6.85. The Morgan fingerprint density at radius 1 is 0.739 bits per heavy atom. The van der Waals surface area contributed by atoms with Gasteiger partial charge in [-0.05, 0) is 12.8 Å². The van der Waals surface area contributed by atoms with E-state index in [4.69, 9.17) is 0 Å². The first-order valence-corrected chi connectivity index (χ1v) is 9.86. The van der Waals surface area contributed by atoms with Gasteiger partial charge in [0.2, 0.25) is 0 Å². The molecule has 0 aromatic heterocycles. The minimum atomic E-state index is -0.796. The Morgan fingerprint density at radius 3 is 1.74 bits per heavy atom. The summed E-state index contributed by atoms with van der Waals surface area (Å²) in [5.41, 5.74) is 0. The van der Waals surface area contributed by atoms with Crippen LogP contribution < -0.4 is 0 Å². The molecule has 0 amide bonds. The zero-order chi connectivity index (χ0) is 17.3. The number of hydrogen-bond acceptors (Lipinski definition) is 2. The molecule has 0 aromatic rings. The lowest BCUT2D eigenvalue weighted by Crippen LogP contribution is -2.18. The predicted molar refractivity (Wildman–Crippen MR) is 96.7 cm³/mol. The first-order chi connectivity index (χ1) is 11.1. The van der Waals surface area contributed by atoms with E-state index in [1.165, 1.54) is 51.4 Å². The molecule has 0 bridgehead atoms. The molecule has 3 nitrogen and oxygen atoms in total. The first-order valence-electron chi connectivity index (χ1n) is 9.86. The number of unbranched alkanes of at least 4 members (excludes halogenated alkanes) is 10. The summed E-state index contributed by atoms with van der Waals surface area (Å²) >= 11 is 0. The molecule has 23 heavy (non-hydrogen) atoms. The van der Waals surface area contributed by atoms with E-state index in [0.717, 1.165) is 25.7 Å². The van der Waals surface area contributed by atoms with E-state index in [2.05, 4.69) is 13.8 Å². The highest BCUT2D eigenvalue weighted by atomic mass is 16.4. The normalized spacial score (nSPS) is 12.3. The van der Waals surface area contributed by atoms with Crippen molar-refractivity contribution in [2.75, 3.05) is 0 Å². The van der Waals surface area contributed by atoms with Crippen LogP contribution in [0.5, 0.6) is 0 Å². The lowest BCUT2D eigenvalue weighted by atomic mass is 9.93. The number of Topliss-reactive ketones (excluding diaryl/α,β-unsaturated/α-hetero) is 1. The van der Waals surface area contributed by atoms with Gasteiger partial charge in [-0.3, -0.25) is 9.59 Å². The Balaban J connectivity index is 3.76. The zero-order valence-corrected chi connectivity index (χ0v) is 15.4. The van der Waals surface area contributed by atoms with E-state index in [9.17, 15) is 14.7 Å². The molecule has 0 fully saturated rings. The van der Waals surface area contributed by atoms with Gasteiger partial charge in [-0.25, -0.2) is 0 Å². The fourth-order valence-electron chi connectivity index (χ4n) is 2.96. The zero-order valence-electron chi connectivity index (χ0n) is 15.4. The summed E-state index contributed by atoms with van der Waals surface area (Å²) in [6.45, 7) is 4.38. The summed E-state index contributed by atoms with van der Waals surface area (Å²) in [5.74, 6) is -1.12. The molecule has 136 valence electrons. The molecular formula is C20H38O3. The minimum absolute atomic E-state index is 0.138. The van der Waals surface area contributed by atoms with Gasteiger partial charge in [0.15, 0.2) is 0 Å². The van der Waals surface area contributed by atoms with Gasteiger partial charge in [-0.2, -0.15) is 0 Å². The lowest BCUT2D eigenvalue weighted by molar-refractivity contribution is -0.144. The van der Waals surface area contributed by atoms with Gasteiger partial charge in [0.1, 0.15) is 5.78 Å². The molecule has 0 aliphatic carbocycles. The van der Waals surface area contributed by atoms with Crippen LogP contribution in [0.2, 0.25) is 0 Å². The number of carboxylic acid groups (broad SMARTS) is 1. The number of aliphatic carboxylic acids is 1. The van der Waals surface area contributed by atoms with Gasteiger partial charge in [-0.15, -0.1) is 0 Å². The van der Waals surface area contributed by atoms with Crippen LogP contribution in [0.25, 0.3) is 0 Å². The Morgan fingerprint density at radius 2 is 1.22 bits per heavy atom. The van der Waals surface area contributed by atoms with Gasteiger partial charge in [-0.1, -0.05) is 84.5 Å². The van der Waals surface area contributed by atoms with E-state index in [1.807, 2.05) is 0 Å². The Hall–Kier alpha value is -0.860. The number of carbonyl (C=O) groups is 2. The van der Waals surface area contributed by atoms with Gasteiger partial charge >= 0.3 is 5.97 Å². The third-order valence-corrected chi connectivity index (χ3v) is 4.54. The van der Waals surface area contributed by atoms with Crippen molar-refractivity contribution in [2.24, 2.45) is 5.92 Å². The highest BCUT2D eigenvalue weighted by Crippen LogP contribution is 2.18. The Labute approximate surface area is 143 Å². The number of rotatable bonds is 17. The minimum Gasteiger partial charge on any atom is -0.481 e. The van der Waals surface area contributed by atoms with Crippen molar-refractivity contribution in [3.8, 4) is 0 Å². The fraction of sp³-hybridized carbons (Fsp3) is 0.900. The highest BCUT2D eigenvalue weighted by Gasteiger charge is 2.20. The van der Waals surface area contributed by atoms with Crippen molar-refractivity contribution < 1.29 is 14.7 Å². The van der Waals surface area contributed by atoms with E-state index < -0.39 is 11.9 Å². The van der Waals surface area contributed by atoms with Gasteiger partial charge < -0.3 is 5.11 Å². The summed E-state index contributed by atoms with van der Waals surface area (Å²) in [7, 11) is 0. The van der Waals surface area contributed by atoms with Gasteiger partial charge in [0.25, 0.3) is 0 Å². The van der Waals surface area contributed by atoms with Crippen molar-refractivity contribution in [1.29, 1.82) is 0 Å². The van der Waals surface area contributed by atoms with Crippen LogP contribution in [0, 0.1) is 5.92 Å². The van der Waals surface area contributed by atoms with Crippen molar-refractivity contribution in [3.63, 3.8) is 0 Å². The van der Waals surface area contributed by atoms with E-state index in [1.54, 1.807) is 0 Å². The second kappa shape index (κ2) is 16.0. The molecule has 0 aliphatic rings. The van der Waals surface area contributed by atoms with Gasteiger partial charge in [0, 0.05) is 12.8 Å². The molecular weight excluding hydrogens is 288 g/mol. The first kappa shape index (κ1) is 22.1. The van der Waals surface area contributed by atoms with Crippen LogP contribution >= 0.6 is 0 Å².